The van der Waals surface area contributed by atoms with Crippen LogP contribution in [0, 0.1) is 6.92 Å². The maximum absolute atomic E-state index is 5.31. The quantitative estimate of drug-likeness (QED) is 0.892. The van der Waals surface area contributed by atoms with Gasteiger partial charge in [-0.25, -0.2) is 0 Å². The Hall–Kier alpha value is -1.87. The lowest BCUT2D eigenvalue weighted by Gasteiger charge is -2.20. The van der Waals surface area contributed by atoms with Crippen molar-refractivity contribution >= 4 is 0 Å². The van der Waals surface area contributed by atoms with E-state index in [0.717, 1.165) is 17.9 Å². The van der Waals surface area contributed by atoms with Gasteiger partial charge in [0.15, 0.2) is 0 Å². The maximum Gasteiger partial charge on any atom is 0.121 e. The van der Waals surface area contributed by atoms with Gasteiger partial charge in [0.1, 0.15) is 5.75 Å². The van der Waals surface area contributed by atoms with Crippen LogP contribution in [-0.4, -0.2) is 18.6 Å². The molecule has 0 aliphatic carbocycles. The van der Waals surface area contributed by atoms with Crippen LogP contribution in [-0.2, 0) is 0 Å². The predicted octanol–water partition coefficient (Wildman–Crippen LogP) is 3.10. The summed E-state index contributed by atoms with van der Waals surface area (Å²) >= 11 is 0. The van der Waals surface area contributed by atoms with E-state index in [0.29, 0.717) is 0 Å². The van der Waals surface area contributed by atoms with E-state index in [-0.39, 0.29) is 6.04 Å². The molecule has 3 heteroatoms. The Bertz CT molecular complexity index is 526. The minimum Gasteiger partial charge on any atom is -0.496 e. The lowest BCUT2D eigenvalue weighted by atomic mass is 9.98. The minimum atomic E-state index is 0.192. The molecule has 0 saturated carbocycles. The van der Waals surface area contributed by atoms with Crippen molar-refractivity contribution in [3.05, 3.63) is 59.4 Å². The van der Waals surface area contributed by atoms with Crippen molar-refractivity contribution in [2.45, 2.75) is 19.9 Å². The van der Waals surface area contributed by atoms with E-state index in [1.165, 1.54) is 11.1 Å². The average molecular weight is 256 g/mol. The molecule has 2 aromatic rings. The Morgan fingerprint density at radius 3 is 2.47 bits per heavy atom. The van der Waals surface area contributed by atoms with Crippen LogP contribution in [0.5, 0.6) is 5.75 Å². The highest BCUT2D eigenvalue weighted by Gasteiger charge is 2.13. The number of aromatic nitrogens is 1. The van der Waals surface area contributed by atoms with Gasteiger partial charge in [-0.05, 0) is 48.4 Å². The Kier molecular flexibility index (Phi) is 4.53. The Labute approximate surface area is 114 Å². The third kappa shape index (κ3) is 3.12. The van der Waals surface area contributed by atoms with Crippen LogP contribution in [0.25, 0.3) is 0 Å². The highest BCUT2D eigenvalue weighted by molar-refractivity contribution is 5.40. The molecule has 3 nitrogen and oxygen atoms in total. The summed E-state index contributed by atoms with van der Waals surface area (Å²) in [4.78, 5) is 4.08. The first-order valence-corrected chi connectivity index (χ1v) is 6.54. The summed E-state index contributed by atoms with van der Waals surface area (Å²) < 4.78 is 5.31. The number of aryl methyl sites for hydroxylation is 1. The zero-order valence-corrected chi connectivity index (χ0v) is 11.7. The number of ether oxygens (including phenoxy) is 1. The van der Waals surface area contributed by atoms with E-state index in [9.17, 15) is 0 Å². The summed E-state index contributed by atoms with van der Waals surface area (Å²) in [7, 11) is 1.70. The predicted molar refractivity (Wildman–Crippen MR) is 77.5 cm³/mol. The zero-order valence-electron chi connectivity index (χ0n) is 11.7. The summed E-state index contributed by atoms with van der Waals surface area (Å²) in [6, 6.07) is 10.6. The fourth-order valence-electron chi connectivity index (χ4n) is 2.27. The second-order valence-electron chi connectivity index (χ2n) is 4.50. The fraction of sp³-hybridized carbons (Fsp3) is 0.312. The van der Waals surface area contributed by atoms with Crippen LogP contribution in [0.4, 0.5) is 0 Å². The first-order valence-electron chi connectivity index (χ1n) is 6.54. The van der Waals surface area contributed by atoms with Gasteiger partial charge in [0, 0.05) is 12.4 Å². The average Bonchev–Trinajstić information content (AvgIpc) is 2.45. The van der Waals surface area contributed by atoms with E-state index < -0.39 is 0 Å². The SMILES string of the molecule is CCNC(c1ccncc1)c1ccc(OC)c(C)c1. The van der Waals surface area contributed by atoms with E-state index in [1.54, 1.807) is 7.11 Å². The minimum absolute atomic E-state index is 0.192. The Morgan fingerprint density at radius 1 is 1.16 bits per heavy atom. The van der Waals surface area contributed by atoms with Crippen LogP contribution < -0.4 is 10.1 Å². The normalized spacial score (nSPS) is 12.2. The third-order valence-electron chi connectivity index (χ3n) is 3.20. The first-order chi connectivity index (χ1) is 9.26. The van der Waals surface area contributed by atoms with Crippen LogP contribution in [0.3, 0.4) is 0 Å². The highest BCUT2D eigenvalue weighted by Crippen LogP contribution is 2.26. The molecule has 19 heavy (non-hydrogen) atoms. The lowest BCUT2D eigenvalue weighted by Crippen LogP contribution is -2.22. The number of rotatable bonds is 5. The van der Waals surface area contributed by atoms with Gasteiger partial charge in [0.05, 0.1) is 13.2 Å². The largest absolute Gasteiger partial charge is 0.496 e. The second-order valence-corrected chi connectivity index (χ2v) is 4.50. The number of hydrogen-bond donors (Lipinski definition) is 1. The summed E-state index contributed by atoms with van der Waals surface area (Å²) in [6.45, 7) is 5.10. The van der Waals surface area contributed by atoms with Crippen LogP contribution in [0.2, 0.25) is 0 Å². The van der Waals surface area contributed by atoms with E-state index in [4.69, 9.17) is 4.74 Å². The van der Waals surface area contributed by atoms with Crippen molar-refractivity contribution in [3.63, 3.8) is 0 Å². The molecule has 0 radical (unpaired) electrons. The Morgan fingerprint density at radius 2 is 1.89 bits per heavy atom. The van der Waals surface area contributed by atoms with Crippen LogP contribution in [0.15, 0.2) is 42.7 Å². The lowest BCUT2D eigenvalue weighted by molar-refractivity contribution is 0.411. The monoisotopic (exact) mass is 256 g/mol. The van der Waals surface area contributed by atoms with Crippen LogP contribution >= 0.6 is 0 Å². The van der Waals surface area contributed by atoms with Gasteiger partial charge in [-0.15, -0.1) is 0 Å². The smallest absolute Gasteiger partial charge is 0.121 e. The van der Waals surface area contributed by atoms with Crippen molar-refractivity contribution in [1.29, 1.82) is 0 Å². The highest BCUT2D eigenvalue weighted by atomic mass is 16.5. The molecule has 0 saturated heterocycles. The molecule has 1 unspecified atom stereocenters. The van der Waals surface area contributed by atoms with Gasteiger partial charge in [-0.1, -0.05) is 19.1 Å². The number of pyridine rings is 1. The van der Waals surface area contributed by atoms with E-state index in [2.05, 4.69) is 36.3 Å². The molecule has 1 atom stereocenters. The molecule has 2 rings (SSSR count). The maximum atomic E-state index is 5.31. The van der Waals surface area contributed by atoms with Gasteiger partial charge in [-0.2, -0.15) is 0 Å². The molecule has 0 bridgehead atoms. The van der Waals surface area contributed by atoms with Gasteiger partial charge in [0.2, 0.25) is 0 Å². The summed E-state index contributed by atoms with van der Waals surface area (Å²) in [5.74, 6) is 0.925. The number of nitrogens with zero attached hydrogens (tertiary/aromatic N) is 1. The van der Waals surface area contributed by atoms with Crippen molar-refractivity contribution in [2.24, 2.45) is 0 Å². The van der Waals surface area contributed by atoms with Crippen LogP contribution in [0.1, 0.15) is 29.7 Å². The number of methoxy groups -OCH3 is 1. The van der Waals surface area contributed by atoms with Crippen molar-refractivity contribution in [2.75, 3.05) is 13.7 Å². The summed E-state index contributed by atoms with van der Waals surface area (Å²) in [5.41, 5.74) is 3.62. The van der Waals surface area contributed by atoms with Gasteiger partial charge >= 0.3 is 0 Å². The molecular weight excluding hydrogens is 236 g/mol. The standard InChI is InChI=1S/C16H20N2O/c1-4-18-16(13-7-9-17-10-8-13)14-5-6-15(19-3)12(2)11-14/h5-11,16,18H,4H2,1-3H3. The summed E-state index contributed by atoms with van der Waals surface area (Å²) in [6.07, 6.45) is 3.66. The molecule has 0 aliphatic heterocycles. The third-order valence-corrected chi connectivity index (χ3v) is 3.20. The molecule has 1 N–H and O–H groups in total. The van der Waals surface area contributed by atoms with Gasteiger partial charge < -0.3 is 10.1 Å². The number of nitrogens with one attached hydrogen (secondary N) is 1. The van der Waals surface area contributed by atoms with Crippen molar-refractivity contribution in [3.8, 4) is 5.75 Å². The molecule has 1 aromatic carbocycles. The Balaban J connectivity index is 2.37. The van der Waals surface area contributed by atoms with Crippen molar-refractivity contribution in [1.82, 2.24) is 10.3 Å². The molecular formula is C16H20N2O. The summed E-state index contributed by atoms with van der Waals surface area (Å²) in [5, 5.41) is 3.51. The molecule has 0 spiro atoms. The van der Waals surface area contributed by atoms with Gasteiger partial charge in [-0.3, -0.25) is 4.98 Å². The molecule has 0 amide bonds. The van der Waals surface area contributed by atoms with Crippen molar-refractivity contribution < 1.29 is 4.74 Å². The topological polar surface area (TPSA) is 34.2 Å². The number of hydrogen-bond acceptors (Lipinski definition) is 3. The number of benzene rings is 1. The molecule has 1 aromatic heterocycles. The van der Waals surface area contributed by atoms with Gasteiger partial charge in [0.25, 0.3) is 0 Å². The first kappa shape index (κ1) is 13.6. The fourth-order valence-corrected chi connectivity index (χ4v) is 2.27. The van der Waals surface area contributed by atoms with E-state index in [1.807, 2.05) is 30.6 Å². The zero-order chi connectivity index (χ0) is 13.7. The molecule has 0 aliphatic rings. The second kappa shape index (κ2) is 6.34. The molecule has 100 valence electrons. The molecule has 0 fully saturated rings. The molecule has 1 heterocycles. The van der Waals surface area contributed by atoms with E-state index >= 15 is 0 Å².